The minimum Gasteiger partial charge on any atom is -0.494 e. The Bertz CT molecular complexity index is 327. The van der Waals surface area contributed by atoms with Crippen LogP contribution >= 0.6 is 0 Å². The standard InChI is InChI=1S/C12H18FNO/c1-4-8(2)12(14)9-6-5-7-10(15-3)11(9)13/h5-8,12H,4,14H2,1-3H3. The average Bonchev–Trinajstić information content (AvgIpc) is 2.27. The Morgan fingerprint density at radius 2 is 2.13 bits per heavy atom. The summed E-state index contributed by atoms with van der Waals surface area (Å²) < 4.78 is 18.7. The van der Waals surface area contributed by atoms with E-state index in [0.717, 1.165) is 6.42 Å². The maximum atomic E-state index is 13.8. The number of methoxy groups -OCH3 is 1. The maximum Gasteiger partial charge on any atom is 0.169 e. The Morgan fingerprint density at radius 1 is 1.47 bits per heavy atom. The predicted molar refractivity (Wildman–Crippen MR) is 59.3 cm³/mol. The molecule has 0 aliphatic carbocycles. The van der Waals surface area contributed by atoms with Gasteiger partial charge in [0.15, 0.2) is 11.6 Å². The molecule has 0 aliphatic rings. The van der Waals surface area contributed by atoms with Crippen LogP contribution in [-0.4, -0.2) is 7.11 Å². The van der Waals surface area contributed by atoms with Crippen LogP contribution in [0.5, 0.6) is 5.75 Å². The minimum atomic E-state index is -0.340. The van der Waals surface area contributed by atoms with E-state index < -0.39 is 0 Å². The van der Waals surface area contributed by atoms with Gasteiger partial charge in [-0.1, -0.05) is 32.4 Å². The van der Waals surface area contributed by atoms with Crippen molar-refractivity contribution in [2.75, 3.05) is 7.11 Å². The van der Waals surface area contributed by atoms with Gasteiger partial charge in [0.1, 0.15) is 0 Å². The molecule has 3 heteroatoms. The first-order valence-corrected chi connectivity index (χ1v) is 5.19. The summed E-state index contributed by atoms with van der Waals surface area (Å²) in [6.45, 7) is 4.06. The van der Waals surface area contributed by atoms with Gasteiger partial charge in [0.2, 0.25) is 0 Å². The monoisotopic (exact) mass is 211 g/mol. The highest BCUT2D eigenvalue weighted by Crippen LogP contribution is 2.28. The van der Waals surface area contributed by atoms with Gasteiger partial charge in [-0.05, 0) is 12.0 Å². The topological polar surface area (TPSA) is 35.2 Å². The van der Waals surface area contributed by atoms with Crippen molar-refractivity contribution >= 4 is 0 Å². The Morgan fingerprint density at radius 3 is 2.67 bits per heavy atom. The maximum absolute atomic E-state index is 13.8. The normalized spacial score (nSPS) is 14.7. The molecule has 1 aromatic rings. The molecule has 0 heterocycles. The summed E-state index contributed by atoms with van der Waals surface area (Å²) in [5.74, 6) is 0.172. The molecule has 0 saturated heterocycles. The van der Waals surface area contributed by atoms with E-state index in [1.165, 1.54) is 7.11 Å². The first-order valence-electron chi connectivity index (χ1n) is 5.19. The molecule has 0 radical (unpaired) electrons. The van der Waals surface area contributed by atoms with E-state index in [4.69, 9.17) is 10.5 Å². The quantitative estimate of drug-likeness (QED) is 0.831. The van der Waals surface area contributed by atoms with Gasteiger partial charge < -0.3 is 10.5 Å². The largest absolute Gasteiger partial charge is 0.494 e. The van der Waals surface area contributed by atoms with Crippen molar-refractivity contribution in [2.45, 2.75) is 26.3 Å². The van der Waals surface area contributed by atoms with Gasteiger partial charge in [-0.15, -0.1) is 0 Å². The van der Waals surface area contributed by atoms with E-state index in [9.17, 15) is 4.39 Å². The summed E-state index contributed by atoms with van der Waals surface area (Å²) in [7, 11) is 1.46. The van der Waals surface area contributed by atoms with E-state index in [1.807, 2.05) is 13.8 Å². The molecular weight excluding hydrogens is 193 g/mol. The van der Waals surface area contributed by atoms with Crippen LogP contribution in [0.2, 0.25) is 0 Å². The summed E-state index contributed by atoms with van der Waals surface area (Å²) in [4.78, 5) is 0. The fourth-order valence-electron chi connectivity index (χ4n) is 1.50. The smallest absolute Gasteiger partial charge is 0.169 e. The lowest BCUT2D eigenvalue weighted by Crippen LogP contribution is -2.20. The van der Waals surface area contributed by atoms with Crippen molar-refractivity contribution in [3.8, 4) is 5.75 Å². The number of benzene rings is 1. The number of hydrogen-bond donors (Lipinski definition) is 1. The molecule has 2 nitrogen and oxygen atoms in total. The third-order valence-corrected chi connectivity index (χ3v) is 2.83. The van der Waals surface area contributed by atoms with Crippen LogP contribution < -0.4 is 10.5 Å². The Hall–Kier alpha value is -1.09. The highest BCUT2D eigenvalue weighted by Gasteiger charge is 2.18. The zero-order valence-electron chi connectivity index (χ0n) is 9.46. The molecule has 2 N–H and O–H groups in total. The molecule has 2 unspecified atom stereocenters. The number of nitrogens with two attached hydrogens (primary N) is 1. The van der Waals surface area contributed by atoms with Gasteiger partial charge >= 0.3 is 0 Å². The Labute approximate surface area is 90.2 Å². The van der Waals surface area contributed by atoms with Crippen molar-refractivity contribution in [1.82, 2.24) is 0 Å². The summed E-state index contributed by atoms with van der Waals surface area (Å²) in [6, 6.07) is 4.81. The molecule has 0 bridgehead atoms. The lowest BCUT2D eigenvalue weighted by Gasteiger charge is -2.20. The van der Waals surface area contributed by atoms with Gasteiger partial charge in [0.05, 0.1) is 7.11 Å². The second-order valence-electron chi connectivity index (χ2n) is 3.77. The van der Waals surface area contributed by atoms with Crippen LogP contribution in [0.25, 0.3) is 0 Å². The van der Waals surface area contributed by atoms with E-state index in [1.54, 1.807) is 18.2 Å². The van der Waals surface area contributed by atoms with Gasteiger partial charge in [0, 0.05) is 11.6 Å². The van der Waals surface area contributed by atoms with E-state index in [0.29, 0.717) is 5.56 Å². The molecule has 0 saturated carbocycles. The fourth-order valence-corrected chi connectivity index (χ4v) is 1.50. The molecule has 0 fully saturated rings. The van der Waals surface area contributed by atoms with Crippen molar-refractivity contribution < 1.29 is 9.13 Å². The summed E-state index contributed by atoms with van der Waals surface area (Å²) in [6.07, 6.45) is 0.928. The molecular formula is C12H18FNO. The van der Waals surface area contributed by atoms with Gasteiger partial charge in [0.25, 0.3) is 0 Å². The van der Waals surface area contributed by atoms with Crippen molar-refractivity contribution in [2.24, 2.45) is 11.7 Å². The fraction of sp³-hybridized carbons (Fsp3) is 0.500. The average molecular weight is 211 g/mol. The van der Waals surface area contributed by atoms with Crippen LogP contribution in [0.4, 0.5) is 4.39 Å². The number of halogens is 1. The van der Waals surface area contributed by atoms with Gasteiger partial charge in [-0.25, -0.2) is 4.39 Å². The molecule has 1 aromatic carbocycles. The molecule has 0 spiro atoms. The third-order valence-electron chi connectivity index (χ3n) is 2.83. The molecule has 1 rings (SSSR count). The van der Waals surface area contributed by atoms with Crippen molar-refractivity contribution in [3.63, 3.8) is 0 Å². The minimum absolute atomic E-state index is 0.256. The first-order chi connectivity index (χ1) is 7.11. The Kier molecular flexibility index (Phi) is 4.09. The molecule has 0 aromatic heterocycles. The lowest BCUT2D eigenvalue weighted by atomic mass is 9.93. The summed E-state index contributed by atoms with van der Waals surface area (Å²) in [5.41, 5.74) is 6.51. The highest BCUT2D eigenvalue weighted by molar-refractivity contribution is 5.33. The third kappa shape index (κ3) is 2.48. The number of ether oxygens (including phenoxy) is 1. The van der Waals surface area contributed by atoms with E-state index in [-0.39, 0.29) is 23.5 Å². The molecule has 2 atom stereocenters. The molecule has 84 valence electrons. The lowest BCUT2D eigenvalue weighted by molar-refractivity contribution is 0.374. The first kappa shape index (κ1) is 12.0. The van der Waals surface area contributed by atoms with Crippen LogP contribution in [0.1, 0.15) is 31.9 Å². The SMILES string of the molecule is CCC(C)C(N)c1cccc(OC)c1F. The van der Waals surface area contributed by atoms with Gasteiger partial charge in [-0.2, -0.15) is 0 Å². The molecule has 0 aliphatic heterocycles. The van der Waals surface area contributed by atoms with Crippen LogP contribution in [0.15, 0.2) is 18.2 Å². The van der Waals surface area contributed by atoms with E-state index in [2.05, 4.69) is 0 Å². The highest BCUT2D eigenvalue weighted by atomic mass is 19.1. The number of rotatable bonds is 4. The summed E-state index contributed by atoms with van der Waals surface area (Å²) >= 11 is 0. The van der Waals surface area contributed by atoms with Crippen molar-refractivity contribution in [3.05, 3.63) is 29.6 Å². The van der Waals surface area contributed by atoms with E-state index >= 15 is 0 Å². The molecule has 15 heavy (non-hydrogen) atoms. The summed E-state index contributed by atoms with van der Waals surface area (Å²) in [5, 5.41) is 0. The second kappa shape index (κ2) is 5.12. The zero-order chi connectivity index (χ0) is 11.4. The van der Waals surface area contributed by atoms with Gasteiger partial charge in [-0.3, -0.25) is 0 Å². The number of hydrogen-bond acceptors (Lipinski definition) is 2. The van der Waals surface area contributed by atoms with Crippen molar-refractivity contribution in [1.29, 1.82) is 0 Å². The van der Waals surface area contributed by atoms with Crippen LogP contribution in [0, 0.1) is 11.7 Å². The van der Waals surface area contributed by atoms with Crippen LogP contribution in [-0.2, 0) is 0 Å². The second-order valence-corrected chi connectivity index (χ2v) is 3.77. The Balaban J connectivity index is 3.03. The predicted octanol–water partition coefficient (Wildman–Crippen LogP) is 2.88. The van der Waals surface area contributed by atoms with Crippen LogP contribution in [0.3, 0.4) is 0 Å². The molecule has 0 amide bonds. The zero-order valence-corrected chi connectivity index (χ0v) is 9.46.